The highest BCUT2D eigenvalue weighted by Crippen LogP contribution is 1.56. The molecule has 0 aliphatic carbocycles. The maximum Gasteiger partial charge on any atom is 0.317 e. The second kappa shape index (κ2) is 23.0. The molecule has 0 radical (unpaired) electrons. The summed E-state index contributed by atoms with van der Waals surface area (Å²) in [5.41, 5.74) is 0. The number of rotatable bonds is 3. The van der Waals surface area contributed by atoms with Crippen molar-refractivity contribution in [3.05, 3.63) is 0 Å². The molecule has 0 bridgehead atoms. The largest absolute Gasteiger partial charge is 0.480 e. The van der Waals surface area contributed by atoms with Crippen molar-refractivity contribution in [2.24, 2.45) is 0 Å². The Kier molecular flexibility index (Phi) is 34.6. The molecule has 0 aliphatic heterocycles. The lowest BCUT2D eigenvalue weighted by molar-refractivity contribution is -0.135. The van der Waals surface area contributed by atoms with Gasteiger partial charge in [0.15, 0.2) is 0 Å². The zero-order valence-corrected chi connectivity index (χ0v) is 7.42. The number of nitrogens with one attached hydrogen (secondary N) is 1. The van der Waals surface area contributed by atoms with E-state index in [0.29, 0.717) is 6.54 Å². The number of hydrogen-bond donors (Lipinski definition) is 2. The first kappa shape index (κ1) is 16.5. The molecule has 0 rings (SSSR count). The maximum absolute atomic E-state index is 9.70. The van der Waals surface area contributed by atoms with E-state index in [1.807, 2.05) is 20.8 Å². The van der Waals surface area contributed by atoms with Crippen LogP contribution in [0.2, 0.25) is 0 Å². The minimum atomic E-state index is -0.804. The normalized spacial score (nSPS) is 6.27. The van der Waals surface area contributed by atoms with Crippen LogP contribution in [0.5, 0.6) is 0 Å². The fraction of sp³-hybridized carbons (Fsp3) is 0.625. The Hall–Kier alpha value is -1.01. The number of likely N-dealkylation sites (N-methyl/N-ethyl adjacent to an activating group) is 1. The van der Waals surface area contributed by atoms with Crippen molar-refractivity contribution in [1.82, 2.24) is 5.32 Å². The lowest BCUT2D eigenvalue weighted by Gasteiger charge is -1.90. The average molecular weight is 159 g/mol. The molecular weight excluding hydrogens is 142 g/mol. The summed E-state index contributed by atoms with van der Waals surface area (Å²) in [5.74, 6) is -0.804. The Morgan fingerprint density at radius 3 is 1.91 bits per heavy atom. The van der Waals surface area contributed by atoms with E-state index in [0.717, 1.165) is 0 Å². The van der Waals surface area contributed by atoms with Crippen LogP contribution in [0.15, 0.2) is 0 Å². The number of terminal acetylenes is 1. The molecule has 0 aliphatic rings. The van der Waals surface area contributed by atoms with Crippen molar-refractivity contribution in [2.45, 2.75) is 20.8 Å². The standard InChI is InChI=1S/C4H9NO2.C2H6.C2H2/c1-2-5-3-4(6)7;2*1-2/h5H,2-3H2,1H3,(H,6,7);1-2H3;1-2H. The molecule has 0 atom stereocenters. The minimum Gasteiger partial charge on any atom is -0.480 e. The van der Waals surface area contributed by atoms with Crippen molar-refractivity contribution in [1.29, 1.82) is 0 Å². The van der Waals surface area contributed by atoms with Crippen molar-refractivity contribution in [3.8, 4) is 12.8 Å². The van der Waals surface area contributed by atoms with Gasteiger partial charge in [-0.15, -0.1) is 12.8 Å². The summed E-state index contributed by atoms with van der Waals surface area (Å²) >= 11 is 0. The molecule has 0 heterocycles. The summed E-state index contributed by atoms with van der Waals surface area (Å²) < 4.78 is 0. The van der Waals surface area contributed by atoms with Gasteiger partial charge in [-0.05, 0) is 6.54 Å². The van der Waals surface area contributed by atoms with Crippen molar-refractivity contribution >= 4 is 5.97 Å². The molecule has 2 N–H and O–H groups in total. The number of aliphatic carboxylic acids is 1. The third kappa shape index (κ3) is 49.1. The van der Waals surface area contributed by atoms with Crippen LogP contribution < -0.4 is 5.32 Å². The highest BCUT2D eigenvalue weighted by atomic mass is 16.4. The topological polar surface area (TPSA) is 49.3 Å². The number of hydrogen-bond acceptors (Lipinski definition) is 2. The fourth-order valence-corrected chi connectivity index (χ4v) is 0.232. The summed E-state index contributed by atoms with van der Waals surface area (Å²) in [6.07, 6.45) is 8.00. The van der Waals surface area contributed by atoms with Gasteiger partial charge in [0.2, 0.25) is 0 Å². The smallest absolute Gasteiger partial charge is 0.317 e. The molecule has 0 saturated carbocycles. The Morgan fingerprint density at radius 1 is 1.45 bits per heavy atom. The average Bonchev–Trinajstić information content (AvgIpc) is 2.08. The van der Waals surface area contributed by atoms with E-state index in [1.54, 1.807) is 0 Å². The van der Waals surface area contributed by atoms with E-state index in [1.165, 1.54) is 0 Å². The van der Waals surface area contributed by atoms with Crippen LogP contribution in [0.1, 0.15) is 20.8 Å². The fourth-order valence-electron chi connectivity index (χ4n) is 0.232. The predicted molar refractivity (Wildman–Crippen MR) is 47.4 cm³/mol. The lowest BCUT2D eigenvalue weighted by Crippen LogP contribution is -2.21. The van der Waals surface area contributed by atoms with Gasteiger partial charge in [-0.25, -0.2) is 0 Å². The van der Waals surface area contributed by atoms with E-state index < -0.39 is 5.97 Å². The Bertz CT molecular complexity index is 89.3. The van der Waals surface area contributed by atoms with Crippen LogP contribution in [-0.2, 0) is 4.79 Å². The second-order valence-corrected chi connectivity index (χ2v) is 1.17. The van der Waals surface area contributed by atoms with Crippen LogP contribution in [-0.4, -0.2) is 24.2 Å². The summed E-state index contributed by atoms with van der Waals surface area (Å²) in [6, 6.07) is 0. The molecule has 3 nitrogen and oxygen atoms in total. The Balaban J connectivity index is -0.000000138. The third-order valence-electron chi connectivity index (χ3n) is 0.526. The van der Waals surface area contributed by atoms with E-state index in [2.05, 4.69) is 18.2 Å². The Labute approximate surface area is 68.8 Å². The molecule has 3 heteroatoms. The second-order valence-electron chi connectivity index (χ2n) is 1.17. The van der Waals surface area contributed by atoms with Crippen molar-refractivity contribution in [3.63, 3.8) is 0 Å². The Morgan fingerprint density at radius 2 is 1.82 bits per heavy atom. The van der Waals surface area contributed by atoms with Gasteiger partial charge < -0.3 is 10.4 Å². The highest BCUT2D eigenvalue weighted by Gasteiger charge is 1.88. The summed E-state index contributed by atoms with van der Waals surface area (Å²) in [6.45, 7) is 6.64. The van der Waals surface area contributed by atoms with Gasteiger partial charge in [-0.1, -0.05) is 20.8 Å². The van der Waals surface area contributed by atoms with E-state index in [-0.39, 0.29) is 6.54 Å². The third-order valence-corrected chi connectivity index (χ3v) is 0.526. The van der Waals surface area contributed by atoms with Gasteiger partial charge in [0, 0.05) is 0 Å². The number of carboxylic acid groups (broad SMARTS) is 1. The van der Waals surface area contributed by atoms with Gasteiger partial charge in [-0.2, -0.15) is 0 Å². The minimum absolute atomic E-state index is 0.0660. The first-order valence-corrected chi connectivity index (χ1v) is 3.53. The molecule has 0 saturated heterocycles. The van der Waals surface area contributed by atoms with Crippen molar-refractivity contribution < 1.29 is 9.90 Å². The molecule has 0 aromatic carbocycles. The van der Waals surface area contributed by atoms with Crippen LogP contribution in [0, 0.1) is 12.8 Å². The molecule has 66 valence electrons. The predicted octanol–water partition coefficient (Wildman–Crippen LogP) is 0.956. The summed E-state index contributed by atoms with van der Waals surface area (Å²) in [4.78, 5) is 9.70. The van der Waals surface area contributed by atoms with Crippen LogP contribution >= 0.6 is 0 Å². The van der Waals surface area contributed by atoms with Crippen molar-refractivity contribution in [2.75, 3.05) is 13.1 Å². The van der Waals surface area contributed by atoms with E-state index in [9.17, 15) is 4.79 Å². The molecule has 11 heavy (non-hydrogen) atoms. The quantitative estimate of drug-likeness (QED) is 0.603. The maximum atomic E-state index is 9.70. The molecule has 0 spiro atoms. The van der Waals surface area contributed by atoms with Gasteiger partial charge in [-0.3, -0.25) is 4.79 Å². The van der Waals surface area contributed by atoms with Gasteiger partial charge in [0.25, 0.3) is 0 Å². The molecule has 0 unspecified atom stereocenters. The molecule has 0 amide bonds. The van der Waals surface area contributed by atoms with Crippen LogP contribution in [0.3, 0.4) is 0 Å². The number of carbonyl (C=O) groups is 1. The van der Waals surface area contributed by atoms with Gasteiger partial charge >= 0.3 is 5.97 Å². The zero-order chi connectivity index (χ0) is 9.70. The van der Waals surface area contributed by atoms with Gasteiger partial charge in [0.05, 0.1) is 6.54 Å². The molecule has 0 aromatic heterocycles. The monoisotopic (exact) mass is 159 g/mol. The highest BCUT2D eigenvalue weighted by molar-refractivity contribution is 5.68. The molecule has 0 fully saturated rings. The summed E-state index contributed by atoms with van der Waals surface area (Å²) in [7, 11) is 0. The lowest BCUT2D eigenvalue weighted by atomic mass is 10.6. The van der Waals surface area contributed by atoms with Crippen LogP contribution in [0.4, 0.5) is 0 Å². The molecule has 0 aromatic rings. The number of carboxylic acids is 1. The van der Waals surface area contributed by atoms with Crippen LogP contribution in [0.25, 0.3) is 0 Å². The van der Waals surface area contributed by atoms with E-state index >= 15 is 0 Å². The van der Waals surface area contributed by atoms with Gasteiger partial charge in [0.1, 0.15) is 0 Å². The SMILES string of the molecule is C#C.CC.CCNCC(=O)O. The summed E-state index contributed by atoms with van der Waals surface area (Å²) in [5, 5.41) is 10.6. The van der Waals surface area contributed by atoms with E-state index in [4.69, 9.17) is 5.11 Å². The molecular formula is C8H17NO2. The zero-order valence-electron chi connectivity index (χ0n) is 7.42. The first-order valence-electron chi connectivity index (χ1n) is 3.53. The first-order chi connectivity index (χ1) is 5.27.